The largest absolute Gasteiger partial charge is 0.323 e. The zero-order valence-electron chi connectivity index (χ0n) is 8.33. The lowest BCUT2D eigenvalue weighted by Gasteiger charge is -2.25. The summed E-state index contributed by atoms with van der Waals surface area (Å²) in [6, 6.07) is 2.22. The van der Waals surface area contributed by atoms with E-state index in [4.69, 9.17) is 5.73 Å². The van der Waals surface area contributed by atoms with Crippen LogP contribution in [0.15, 0.2) is 6.07 Å². The van der Waals surface area contributed by atoms with Crippen LogP contribution < -0.4 is 5.73 Å². The Morgan fingerprint density at radius 2 is 2.31 bits per heavy atom. The zero-order chi connectivity index (χ0) is 9.42. The normalized spacial score (nSPS) is 19.9. The van der Waals surface area contributed by atoms with E-state index < -0.39 is 0 Å². The molecule has 0 bridgehead atoms. The fourth-order valence-electron chi connectivity index (χ4n) is 1.81. The highest BCUT2D eigenvalue weighted by Crippen LogP contribution is 2.36. The van der Waals surface area contributed by atoms with Crippen LogP contribution in [0.1, 0.15) is 49.5 Å². The summed E-state index contributed by atoms with van der Waals surface area (Å²) in [5.41, 5.74) is 8.16. The zero-order valence-corrected chi connectivity index (χ0v) is 8.33. The summed E-state index contributed by atoms with van der Waals surface area (Å²) >= 11 is 0. The van der Waals surface area contributed by atoms with Crippen molar-refractivity contribution in [1.82, 2.24) is 9.78 Å². The maximum absolute atomic E-state index is 5.78. The molecule has 0 radical (unpaired) electrons. The Kier molecular flexibility index (Phi) is 2.12. The van der Waals surface area contributed by atoms with Crippen LogP contribution in [0.3, 0.4) is 0 Å². The average Bonchev–Trinajstić information content (AvgIpc) is 2.29. The molecule has 1 fully saturated rings. The van der Waals surface area contributed by atoms with Gasteiger partial charge in [0.05, 0.1) is 5.69 Å². The third-order valence-corrected chi connectivity index (χ3v) is 2.92. The Hall–Kier alpha value is -0.830. The van der Waals surface area contributed by atoms with Crippen molar-refractivity contribution < 1.29 is 0 Å². The average molecular weight is 179 g/mol. The smallest absolute Gasteiger partial charge is 0.0791 e. The molecule has 3 nitrogen and oxygen atoms in total. The Morgan fingerprint density at radius 1 is 1.62 bits per heavy atom. The van der Waals surface area contributed by atoms with E-state index in [0.29, 0.717) is 0 Å². The lowest BCUT2D eigenvalue weighted by Crippen LogP contribution is -2.12. The monoisotopic (exact) mass is 179 g/mol. The lowest BCUT2D eigenvalue weighted by atomic mass is 9.83. The summed E-state index contributed by atoms with van der Waals surface area (Å²) in [5.74, 6) is 0.741. The summed E-state index contributed by atoms with van der Waals surface area (Å²) in [4.78, 5) is 0. The second kappa shape index (κ2) is 3.14. The number of rotatable bonds is 2. The summed E-state index contributed by atoms with van der Waals surface area (Å²) in [5, 5.41) is 4.40. The maximum Gasteiger partial charge on any atom is 0.0791 e. The molecule has 1 saturated carbocycles. The molecule has 0 saturated heterocycles. The van der Waals surface area contributed by atoms with Gasteiger partial charge >= 0.3 is 0 Å². The van der Waals surface area contributed by atoms with Gasteiger partial charge in [-0.1, -0.05) is 6.42 Å². The molecular formula is C10H17N3. The van der Waals surface area contributed by atoms with Crippen molar-refractivity contribution in [3.05, 3.63) is 17.5 Å². The fourth-order valence-corrected chi connectivity index (χ4v) is 1.81. The standard InChI is InChI=1S/C10H17N3/c1-7(11)9-6-10(13(2)12-9)8-4-3-5-8/h6-8H,3-5,11H2,1-2H3. The minimum absolute atomic E-state index is 0.0556. The van der Waals surface area contributed by atoms with Crippen LogP contribution in [0.4, 0.5) is 0 Å². The molecule has 72 valence electrons. The van der Waals surface area contributed by atoms with E-state index in [1.54, 1.807) is 0 Å². The van der Waals surface area contributed by atoms with Gasteiger partial charge in [0.25, 0.3) is 0 Å². The van der Waals surface area contributed by atoms with Gasteiger partial charge in [0.2, 0.25) is 0 Å². The van der Waals surface area contributed by atoms with E-state index in [9.17, 15) is 0 Å². The van der Waals surface area contributed by atoms with Crippen LogP contribution in [-0.2, 0) is 7.05 Å². The van der Waals surface area contributed by atoms with E-state index in [2.05, 4.69) is 11.2 Å². The molecular weight excluding hydrogens is 162 g/mol. The second-order valence-corrected chi connectivity index (χ2v) is 4.03. The van der Waals surface area contributed by atoms with Crippen LogP contribution in [0.5, 0.6) is 0 Å². The van der Waals surface area contributed by atoms with Crippen LogP contribution in [0.2, 0.25) is 0 Å². The number of hydrogen-bond donors (Lipinski definition) is 1. The molecule has 0 spiro atoms. The molecule has 1 atom stereocenters. The summed E-state index contributed by atoms with van der Waals surface area (Å²) in [6.45, 7) is 1.98. The molecule has 1 heterocycles. The van der Waals surface area contributed by atoms with Gasteiger partial charge in [0.15, 0.2) is 0 Å². The highest BCUT2D eigenvalue weighted by molar-refractivity contribution is 5.18. The Bertz CT molecular complexity index is 297. The molecule has 0 aliphatic heterocycles. The number of nitrogens with zero attached hydrogens (tertiary/aromatic N) is 2. The van der Waals surface area contributed by atoms with E-state index in [0.717, 1.165) is 11.6 Å². The van der Waals surface area contributed by atoms with Gasteiger partial charge in [-0.2, -0.15) is 5.10 Å². The van der Waals surface area contributed by atoms with Gasteiger partial charge < -0.3 is 5.73 Å². The number of hydrogen-bond acceptors (Lipinski definition) is 2. The first kappa shape index (κ1) is 8.75. The molecule has 1 unspecified atom stereocenters. The van der Waals surface area contributed by atoms with Crippen LogP contribution in [0, 0.1) is 0 Å². The number of aryl methyl sites for hydroxylation is 1. The predicted molar refractivity (Wildman–Crippen MR) is 52.4 cm³/mol. The second-order valence-electron chi connectivity index (χ2n) is 4.03. The Labute approximate surface area is 78.9 Å². The van der Waals surface area contributed by atoms with Gasteiger partial charge in [-0.15, -0.1) is 0 Å². The van der Waals surface area contributed by atoms with Crippen LogP contribution in [-0.4, -0.2) is 9.78 Å². The van der Waals surface area contributed by atoms with E-state index in [-0.39, 0.29) is 6.04 Å². The first-order chi connectivity index (χ1) is 6.18. The number of nitrogens with two attached hydrogens (primary N) is 1. The van der Waals surface area contributed by atoms with Crippen molar-refractivity contribution >= 4 is 0 Å². The van der Waals surface area contributed by atoms with Gasteiger partial charge in [-0.05, 0) is 25.8 Å². The van der Waals surface area contributed by atoms with Crippen molar-refractivity contribution in [2.45, 2.75) is 38.1 Å². The minimum Gasteiger partial charge on any atom is -0.323 e. The molecule has 2 N–H and O–H groups in total. The summed E-state index contributed by atoms with van der Waals surface area (Å²) < 4.78 is 1.99. The van der Waals surface area contributed by atoms with Gasteiger partial charge in [-0.25, -0.2) is 0 Å². The van der Waals surface area contributed by atoms with Crippen molar-refractivity contribution in [2.24, 2.45) is 12.8 Å². The first-order valence-electron chi connectivity index (χ1n) is 4.98. The van der Waals surface area contributed by atoms with Crippen molar-refractivity contribution in [3.63, 3.8) is 0 Å². The third kappa shape index (κ3) is 1.48. The van der Waals surface area contributed by atoms with Gasteiger partial charge in [-0.3, -0.25) is 4.68 Å². The SMILES string of the molecule is CC(N)c1cc(C2CCC2)n(C)n1. The van der Waals surface area contributed by atoms with Crippen molar-refractivity contribution in [3.8, 4) is 0 Å². The topological polar surface area (TPSA) is 43.8 Å². The Balaban J connectivity index is 2.24. The van der Waals surface area contributed by atoms with E-state index in [1.165, 1.54) is 25.0 Å². The molecule has 1 aromatic rings. The maximum atomic E-state index is 5.78. The van der Waals surface area contributed by atoms with Gasteiger partial charge in [0.1, 0.15) is 0 Å². The Morgan fingerprint density at radius 3 is 2.69 bits per heavy atom. The number of aromatic nitrogens is 2. The predicted octanol–water partition coefficient (Wildman–Crippen LogP) is 1.71. The quantitative estimate of drug-likeness (QED) is 0.751. The van der Waals surface area contributed by atoms with Gasteiger partial charge in [0, 0.05) is 24.7 Å². The molecule has 0 amide bonds. The van der Waals surface area contributed by atoms with Crippen molar-refractivity contribution in [2.75, 3.05) is 0 Å². The first-order valence-corrected chi connectivity index (χ1v) is 4.98. The lowest BCUT2D eigenvalue weighted by molar-refractivity contribution is 0.397. The molecule has 1 aliphatic rings. The molecule has 1 aliphatic carbocycles. The van der Waals surface area contributed by atoms with Crippen LogP contribution >= 0.6 is 0 Å². The fraction of sp³-hybridized carbons (Fsp3) is 0.700. The highest BCUT2D eigenvalue weighted by Gasteiger charge is 2.23. The molecule has 0 aromatic carbocycles. The van der Waals surface area contributed by atoms with Crippen molar-refractivity contribution in [1.29, 1.82) is 0 Å². The molecule has 13 heavy (non-hydrogen) atoms. The molecule has 1 aromatic heterocycles. The van der Waals surface area contributed by atoms with E-state index >= 15 is 0 Å². The molecule has 2 rings (SSSR count). The minimum atomic E-state index is 0.0556. The van der Waals surface area contributed by atoms with E-state index in [1.807, 2.05) is 18.7 Å². The highest BCUT2D eigenvalue weighted by atomic mass is 15.3. The summed E-state index contributed by atoms with van der Waals surface area (Å²) in [6.07, 6.45) is 4.00. The third-order valence-electron chi connectivity index (χ3n) is 2.92. The van der Waals surface area contributed by atoms with Crippen LogP contribution in [0.25, 0.3) is 0 Å². The summed E-state index contributed by atoms with van der Waals surface area (Å²) in [7, 11) is 2.01. The molecule has 3 heteroatoms.